The maximum Gasteiger partial charge on any atom is 0.316 e. The van der Waals surface area contributed by atoms with Gasteiger partial charge >= 0.3 is 5.97 Å². The molecule has 0 spiro atoms. The minimum absolute atomic E-state index is 0.0680. The van der Waals surface area contributed by atoms with E-state index in [0.717, 1.165) is 43.4 Å². The van der Waals surface area contributed by atoms with Crippen LogP contribution in [0.5, 0.6) is 11.5 Å². The van der Waals surface area contributed by atoms with E-state index in [9.17, 15) is 9.59 Å². The van der Waals surface area contributed by atoms with Crippen LogP contribution in [0.25, 0.3) is 0 Å². The number of fused-ring (bicyclic) bond motifs is 1. The van der Waals surface area contributed by atoms with E-state index in [1.807, 2.05) is 18.2 Å². The van der Waals surface area contributed by atoms with E-state index in [4.69, 9.17) is 14.2 Å². The van der Waals surface area contributed by atoms with Gasteiger partial charge in [-0.2, -0.15) is 0 Å². The van der Waals surface area contributed by atoms with Crippen molar-refractivity contribution in [2.45, 2.75) is 77.2 Å². The highest BCUT2D eigenvalue weighted by Crippen LogP contribution is 2.49. The SMILES string of the molecule is C=C1NC2=C(C(=O)CC(C)(C)C2)C(c2ccc3c(c2)OCO3)C1C(=O)OC1CCCCCC1. The first-order valence-electron chi connectivity index (χ1n) is 12.1. The zero-order chi connectivity index (χ0) is 23.2. The quantitative estimate of drug-likeness (QED) is 0.507. The molecule has 0 bridgehead atoms. The van der Waals surface area contributed by atoms with Crippen molar-refractivity contribution in [3.63, 3.8) is 0 Å². The topological polar surface area (TPSA) is 73.9 Å². The molecule has 4 aliphatic rings. The summed E-state index contributed by atoms with van der Waals surface area (Å²) in [5.74, 6) is -0.0298. The Morgan fingerprint density at radius 1 is 1.09 bits per heavy atom. The lowest BCUT2D eigenvalue weighted by molar-refractivity contribution is -0.154. The Morgan fingerprint density at radius 3 is 2.58 bits per heavy atom. The van der Waals surface area contributed by atoms with Crippen LogP contribution in [-0.4, -0.2) is 24.6 Å². The van der Waals surface area contributed by atoms with Crippen LogP contribution in [0, 0.1) is 11.3 Å². The Kier molecular flexibility index (Phi) is 5.71. The van der Waals surface area contributed by atoms with Crippen molar-refractivity contribution in [3.8, 4) is 11.5 Å². The average molecular weight is 452 g/mol. The molecule has 2 atom stereocenters. The van der Waals surface area contributed by atoms with Crippen LogP contribution in [0.3, 0.4) is 0 Å². The number of carbonyl (C=O) groups excluding carboxylic acids is 2. The van der Waals surface area contributed by atoms with Crippen LogP contribution in [-0.2, 0) is 14.3 Å². The molecule has 0 radical (unpaired) electrons. The summed E-state index contributed by atoms with van der Waals surface area (Å²) in [7, 11) is 0. The number of ketones is 1. The lowest BCUT2D eigenvalue weighted by atomic mass is 9.66. The number of hydrogen-bond acceptors (Lipinski definition) is 6. The van der Waals surface area contributed by atoms with Gasteiger partial charge < -0.3 is 19.5 Å². The number of allylic oxidation sites excluding steroid dienone is 2. The molecule has 0 aromatic heterocycles. The number of rotatable bonds is 3. The lowest BCUT2D eigenvalue weighted by Crippen LogP contribution is -2.44. The molecule has 5 rings (SSSR count). The van der Waals surface area contributed by atoms with Crippen molar-refractivity contribution in [1.82, 2.24) is 5.32 Å². The molecule has 2 heterocycles. The monoisotopic (exact) mass is 451 g/mol. The van der Waals surface area contributed by atoms with E-state index in [1.165, 1.54) is 12.8 Å². The minimum Gasteiger partial charge on any atom is -0.462 e. The predicted molar refractivity (Wildman–Crippen MR) is 124 cm³/mol. The Hall–Kier alpha value is -2.76. The van der Waals surface area contributed by atoms with Crippen LogP contribution in [0.15, 0.2) is 41.7 Å². The van der Waals surface area contributed by atoms with Crippen LogP contribution >= 0.6 is 0 Å². The number of Topliss-reactive ketones (excluding diaryl/α,β-unsaturated/α-hetero) is 1. The van der Waals surface area contributed by atoms with Gasteiger partial charge in [0.25, 0.3) is 0 Å². The van der Waals surface area contributed by atoms with Gasteiger partial charge in [-0.15, -0.1) is 0 Å². The van der Waals surface area contributed by atoms with Crippen molar-refractivity contribution >= 4 is 11.8 Å². The average Bonchev–Trinajstić information content (AvgIpc) is 3.07. The van der Waals surface area contributed by atoms with E-state index in [1.54, 1.807) is 0 Å². The Labute approximate surface area is 195 Å². The van der Waals surface area contributed by atoms with E-state index in [-0.39, 0.29) is 30.1 Å². The molecule has 6 nitrogen and oxygen atoms in total. The summed E-state index contributed by atoms with van der Waals surface area (Å²) < 4.78 is 17.1. The number of carbonyl (C=O) groups is 2. The highest BCUT2D eigenvalue weighted by molar-refractivity contribution is 6.01. The molecule has 33 heavy (non-hydrogen) atoms. The molecule has 1 N–H and O–H groups in total. The van der Waals surface area contributed by atoms with Crippen LogP contribution in [0.4, 0.5) is 0 Å². The smallest absolute Gasteiger partial charge is 0.316 e. The second-order valence-electron chi connectivity index (χ2n) is 10.6. The second kappa shape index (κ2) is 8.54. The zero-order valence-electron chi connectivity index (χ0n) is 19.6. The van der Waals surface area contributed by atoms with Crippen molar-refractivity contribution < 1.29 is 23.8 Å². The summed E-state index contributed by atoms with van der Waals surface area (Å²) in [6.07, 6.45) is 7.44. The summed E-state index contributed by atoms with van der Waals surface area (Å²) in [6, 6.07) is 5.68. The summed E-state index contributed by atoms with van der Waals surface area (Å²) >= 11 is 0. The second-order valence-corrected chi connectivity index (χ2v) is 10.6. The molecule has 2 aliphatic heterocycles. The van der Waals surface area contributed by atoms with Gasteiger partial charge in [-0.05, 0) is 55.2 Å². The zero-order valence-corrected chi connectivity index (χ0v) is 19.6. The third kappa shape index (κ3) is 4.28. The molecule has 176 valence electrons. The van der Waals surface area contributed by atoms with Gasteiger partial charge in [0.05, 0.1) is 0 Å². The minimum atomic E-state index is -0.669. The summed E-state index contributed by atoms with van der Waals surface area (Å²) in [6.45, 7) is 8.60. The van der Waals surface area contributed by atoms with Crippen LogP contribution < -0.4 is 14.8 Å². The third-order valence-electron chi connectivity index (χ3n) is 7.35. The molecule has 0 amide bonds. The summed E-state index contributed by atoms with van der Waals surface area (Å²) in [5, 5.41) is 3.34. The van der Waals surface area contributed by atoms with Gasteiger partial charge in [0, 0.05) is 29.3 Å². The molecule has 2 unspecified atom stereocenters. The molecule has 1 aromatic carbocycles. The normalized spacial score (nSPS) is 27.0. The van der Waals surface area contributed by atoms with E-state index in [0.29, 0.717) is 29.2 Å². The van der Waals surface area contributed by atoms with Gasteiger partial charge in [-0.3, -0.25) is 9.59 Å². The van der Waals surface area contributed by atoms with Gasteiger partial charge in [-0.25, -0.2) is 0 Å². The first-order chi connectivity index (χ1) is 15.8. The molecule has 0 saturated heterocycles. The maximum absolute atomic E-state index is 13.6. The highest BCUT2D eigenvalue weighted by atomic mass is 16.7. The Bertz CT molecular complexity index is 1020. The predicted octanol–water partition coefficient (Wildman–Crippen LogP) is 5.14. The molecule has 1 saturated carbocycles. The number of ether oxygens (including phenoxy) is 3. The maximum atomic E-state index is 13.6. The third-order valence-corrected chi connectivity index (χ3v) is 7.35. The van der Waals surface area contributed by atoms with Crippen LogP contribution in [0.2, 0.25) is 0 Å². The standard InChI is InChI=1S/C27H33NO5/c1-16-23(26(30)33-18-8-6-4-5-7-9-18)24(17-10-11-21-22(12-17)32-15-31-21)25-19(28-16)13-27(2,3)14-20(25)29/h10-12,18,23-24,28H,1,4-9,13-15H2,2-3H3. The van der Waals surface area contributed by atoms with Crippen LogP contribution in [0.1, 0.15) is 76.7 Å². The fraction of sp³-hybridized carbons (Fsp3) is 0.556. The molecular weight excluding hydrogens is 418 g/mol. The largest absolute Gasteiger partial charge is 0.462 e. The lowest BCUT2D eigenvalue weighted by Gasteiger charge is -2.42. The number of benzene rings is 1. The van der Waals surface area contributed by atoms with Crippen molar-refractivity contribution in [2.24, 2.45) is 11.3 Å². The molecule has 1 fully saturated rings. The molecule has 2 aliphatic carbocycles. The van der Waals surface area contributed by atoms with Crippen molar-refractivity contribution in [1.29, 1.82) is 0 Å². The Morgan fingerprint density at radius 2 is 1.82 bits per heavy atom. The summed E-state index contributed by atoms with van der Waals surface area (Å²) in [5.41, 5.74) is 2.87. The molecule has 1 aromatic rings. The first kappa shape index (κ1) is 22.1. The van der Waals surface area contributed by atoms with Gasteiger partial charge in [0.15, 0.2) is 17.3 Å². The molecule has 6 heteroatoms. The summed E-state index contributed by atoms with van der Waals surface area (Å²) in [4.78, 5) is 27.0. The number of esters is 1. The van der Waals surface area contributed by atoms with E-state index >= 15 is 0 Å². The van der Waals surface area contributed by atoms with Gasteiger partial charge in [0.2, 0.25) is 6.79 Å². The molecular formula is C27H33NO5. The van der Waals surface area contributed by atoms with E-state index < -0.39 is 11.8 Å². The van der Waals surface area contributed by atoms with Crippen molar-refractivity contribution in [2.75, 3.05) is 6.79 Å². The Balaban J connectivity index is 1.54. The number of hydrogen-bond donors (Lipinski definition) is 1. The number of nitrogens with one attached hydrogen (secondary N) is 1. The fourth-order valence-corrected chi connectivity index (χ4v) is 5.79. The highest BCUT2D eigenvalue weighted by Gasteiger charge is 2.47. The first-order valence-corrected chi connectivity index (χ1v) is 12.1. The fourth-order valence-electron chi connectivity index (χ4n) is 5.79. The van der Waals surface area contributed by atoms with E-state index in [2.05, 4.69) is 25.7 Å². The van der Waals surface area contributed by atoms with Crippen molar-refractivity contribution in [3.05, 3.63) is 47.3 Å². The van der Waals surface area contributed by atoms with Gasteiger partial charge in [0.1, 0.15) is 12.0 Å². The van der Waals surface area contributed by atoms with Gasteiger partial charge in [-0.1, -0.05) is 39.3 Å².